The molecule has 0 N–H and O–H groups in total. The summed E-state index contributed by atoms with van der Waals surface area (Å²) in [4.78, 5) is 21.4. The first-order chi connectivity index (χ1) is 8.20. The van der Waals surface area contributed by atoms with E-state index < -0.39 is 11.9 Å². The summed E-state index contributed by atoms with van der Waals surface area (Å²) in [5.41, 5.74) is 0. The highest BCUT2D eigenvalue weighted by Gasteiger charge is 2.01. The van der Waals surface area contributed by atoms with E-state index in [1.165, 1.54) is 0 Å². The Bertz CT molecular complexity index is 265. The van der Waals surface area contributed by atoms with E-state index in [-0.39, 0.29) is 14.6 Å². The Hall–Kier alpha value is -1.22. The summed E-state index contributed by atoms with van der Waals surface area (Å²) in [6.45, 7) is 4.02. The van der Waals surface area contributed by atoms with Crippen LogP contribution in [0.3, 0.4) is 0 Å². The fraction of sp³-hybridized carbons (Fsp3) is 0.636. The number of unbranched alkanes of at least 4 members (excludes halogenated alkanes) is 3. The predicted molar refractivity (Wildman–Crippen MR) is 63.1 cm³/mol. The molecule has 5 nitrogen and oxygen atoms in total. The van der Waals surface area contributed by atoms with Crippen molar-refractivity contribution in [1.29, 1.82) is 0 Å². The van der Waals surface area contributed by atoms with Crippen LogP contribution in [0.1, 0.15) is 25.7 Å². The molecule has 0 aliphatic heterocycles. The quantitative estimate of drug-likeness (QED) is 0.260. The average molecular weight is 260 g/mol. The van der Waals surface area contributed by atoms with E-state index >= 15 is 0 Å². The minimum Gasteiger partial charge on any atom is -0.465 e. The Balaban J connectivity index is 3.18. The minimum absolute atomic E-state index is 0.0858. The van der Waals surface area contributed by atoms with Gasteiger partial charge in [-0.1, -0.05) is 6.58 Å². The Kier molecular flexibility index (Phi) is 10.5. The van der Waals surface area contributed by atoms with Gasteiger partial charge in [0.1, 0.15) is 6.16 Å². The van der Waals surface area contributed by atoms with Crippen LogP contribution in [0.25, 0.3) is 0 Å². The van der Waals surface area contributed by atoms with Crippen molar-refractivity contribution in [2.24, 2.45) is 0 Å². The second kappa shape index (κ2) is 11.3. The molecule has 0 radical (unpaired) electrons. The number of carbonyl (C=O) groups excluding carboxylic acids is 2. The van der Waals surface area contributed by atoms with Crippen LogP contribution >= 0.6 is 8.46 Å². The van der Waals surface area contributed by atoms with Crippen molar-refractivity contribution in [2.45, 2.75) is 25.7 Å². The molecular weight excluding hydrogens is 243 g/mol. The summed E-state index contributed by atoms with van der Waals surface area (Å²) in [6.07, 6.45) is 4.39. The Labute approximate surface area is 102 Å². The lowest BCUT2D eigenvalue weighted by Gasteiger charge is -2.03. The molecule has 0 unspecified atom stereocenters. The molecule has 0 aliphatic carbocycles. The van der Waals surface area contributed by atoms with Gasteiger partial charge in [-0.3, -0.25) is 9.36 Å². The van der Waals surface area contributed by atoms with Crippen LogP contribution in [0, 0.1) is 0 Å². The van der Waals surface area contributed by atoms with Crippen LogP contribution < -0.4 is 0 Å². The number of carbonyl (C=O) groups is 2. The Morgan fingerprint density at radius 1 is 1.06 bits per heavy atom. The molecule has 17 heavy (non-hydrogen) atoms. The third-order valence-corrected chi connectivity index (χ3v) is 2.29. The number of rotatable bonds is 10. The normalized spacial score (nSPS) is 9.88. The second-order valence-electron chi connectivity index (χ2n) is 3.29. The summed E-state index contributed by atoms with van der Waals surface area (Å²) in [5, 5.41) is 0. The SMILES string of the molecule is C=CC(=O)OCCCCCCOC(=O)CP=O. The van der Waals surface area contributed by atoms with Gasteiger partial charge < -0.3 is 9.47 Å². The zero-order chi connectivity index (χ0) is 12.9. The largest absolute Gasteiger partial charge is 0.465 e. The molecule has 0 saturated heterocycles. The number of hydrogen-bond acceptors (Lipinski definition) is 5. The van der Waals surface area contributed by atoms with Crippen LogP contribution in [0.2, 0.25) is 0 Å². The van der Waals surface area contributed by atoms with Gasteiger partial charge in [-0.15, -0.1) is 0 Å². The first kappa shape index (κ1) is 15.8. The highest BCUT2D eigenvalue weighted by molar-refractivity contribution is 7.25. The molecule has 0 saturated carbocycles. The van der Waals surface area contributed by atoms with Gasteiger partial charge in [0.25, 0.3) is 0 Å². The number of hydrogen-bond donors (Lipinski definition) is 0. The second-order valence-corrected chi connectivity index (χ2v) is 3.87. The maximum Gasteiger partial charge on any atom is 0.330 e. The molecule has 0 spiro atoms. The highest BCUT2D eigenvalue weighted by atomic mass is 31.1. The van der Waals surface area contributed by atoms with Gasteiger partial charge >= 0.3 is 11.9 Å². The van der Waals surface area contributed by atoms with E-state index in [2.05, 4.69) is 6.58 Å². The van der Waals surface area contributed by atoms with Crippen molar-refractivity contribution in [3.05, 3.63) is 12.7 Å². The van der Waals surface area contributed by atoms with E-state index in [9.17, 15) is 14.2 Å². The summed E-state index contributed by atoms with van der Waals surface area (Å²) < 4.78 is 19.6. The highest BCUT2D eigenvalue weighted by Crippen LogP contribution is 2.02. The monoisotopic (exact) mass is 260 g/mol. The van der Waals surface area contributed by atoms with E-state index in [0.29, 0.717) is 13.2 Å². The standard InChI is InChI=1S/C11H17O5P/c1-2-10(12)15-7-5-3-4-6-8-16-11(13)9-17-14/h2H,1,3-9H2. The molecule has 96 valence electrons. The van der Waals surface area contributed by atoms with Crippen LogP contribution in [0.4, 0.5) is 0 Å². The third-order valence-electron chi connectivity index (χ3n) is 1.91. The first-order valence-electron chi connectivity index (χ1n) is 5.44. The van der Waals surface area contributed by atoms with Gasteiger partial charge in [-0.2, -0.15) is 0 Å². The van der Waals surface area contributed by atoms with Gasteiger partial charge in [-0.25, -0.2) is 4.79 Å². The summed E-state index contributed by atoms with van der Waals surface area (Å²) >= 11 is 0. The molecule has 0 aromatic rings. The van der Waals surface area contributed by atoms with Crippen LogP contribution in [0.5, 0.6) is 0 Å². The molecule has 0 aromatic heterocycles. The molecule has 0 atom stereocenters. The zero-order valence-electron chi connectivity index (χ0n) is 9.72. The van der Waals surface area contributed by atoms with Crippen LogP contribution in [0.15, 0.2) is 12.7 Å². The molecule has 6 heteroatoms. The maximum absolute atomic E-state index is 10.8. The molecule has 0 fully saturated rings. The van der Waals surface area contributed by atoms with E-state index in [4.69, 9.17) is 9.47 Å². The maximum atomic E-state index is 10.8. The van der Waals surface area contributed by atoms with Crippen molar-refractivity contribution in [1.82, 2.24) is 0 Å². The van der Waals surface area contributed by atoms with Gasteiger partial charge in [0.2, 0.25) is 0 Å². The van der Waals surface area contributed by atoms with Crippen molar-refractivity contribution in [3.63, 3.8) is 0 Å². The van der Waals surface area contributed by atoms with Gasteiger partial charge in [-0.05, 0) is 25.7 Å². The van der Waals surface area contributed by atoms with E-state index in [1.54, 1.807) is 0 Å². The molecule has 0 aromatic carbocycles. The van der Waals surface area contributed by atoms with Crippen LogP contribution in [-0.4, -0.2) is 31.3 Å². The first-order valence-corrected chi connectivity index (χ1v) is 6.44. The lowest BCUT2D eigenvalue weighted by molar-refractivity contribution is -0.141. The lowest BCUT2D eigenvalue weighted by atomic mass is 10.2. The van der Waals surface area contributed by atoms with Crippen molar-refractivity contribution >= 4 is 20.4 Å². The molecular formula is C11H17O5P. The topological polar surface area (TPSA) is 69.7 Å². The Morgan fingerprint density at radius 2 is 1.65 bits per heavy atom. The summed E-state index contributed by atoms with van der Waals surface area (Å²) in [5.74, 6) is -0.850. The fourth-order valence-corrected chi connectivity index (χ4v) is 1.27. The molecule has 0 heterocycles. The lowest BCUT2D eigenvalue weighted by Crippen LogP contribution is -2.07. The predicted octanol–water partition coefficient (Wildman–Crippen LogP) is 2.11. The fourth-order valence-electron chi connectivity index (χ4n) is 1.07. The third kappa shape index (κ3) is 11.1. The Morgan fingerprint density at radius 3 is 2.18 bits per heavy atom. The van der Waals surface area contributed by atoms with Crippen molar-refractivity contribution < 1.29 is 23.6 Å². The van der Waals surface area contributed by atoms with Gasteiger partial charge in [0, 0.05) is 6.08 Å². The summed E-state index contributed by atoms with van der Waals surface area (Å²) in [7, 11) is -0.213. The number of esters is 2. The summed E-state index contributed by atoms with van der Waals surface area (Å²) in [6, 6.07) is 0. The smallest absolute Gasteiger partial charge is 0.330 e. The molecule has 0 bridgehead atoms. The molecule has 0 rings (SSSR count). The van der Waals surface area contributed by atoms with E-state index in [0.717, 1.165) is 31.8 Å². The van der Waals surface area contributed by atoms with Gasteiger partial charge in [0.15, 0.2) is 8.46 Å². The minimum atomic E-state index is -0.443. The number of ether oxygens (including phenoxy) is 2. The van der Waals surface area contributed by atoms with Crippen molar-refractivity contribution in [3.8, 4) is 0 Å². The van der Waals surface area contributed by atoms with Crippen molar-refractivity contribution in [2.75, 3.05) is 19.4 Å². The molecule has 0 aliphatic rings. The zero-order valence-corrected chi connectivity index (χ0v) is 10.6. The average Bonchev–Trinajstić information content (AvgIpc) is 2.32. The van der Waals surface area contributed by atoms with Gasteiger partial charge in [0.05, 0.1) is 13.2 Å². The van der Waals surface area contributed by atoms with Crippen LogP contribution in [-0.2, 0) is 23.6 Å². The van der Waals surface area contributed by atoms with E-state index in [1.807, 2.05) is 0 Å². The molecule has 0 amide bonds.